The molecule has 0 aromatic carbocycles. The summed E-state index contributed by atoms with van der Waals surface area (Å²) >= 11 is 0. The number of nitrogens with zero attached hydrogens (tertiary/aromatic N) is 2. The molecule has 0 saturated carbocycles. The molecule has 0 atom stereocenters. The van der Waals surface area contributed by atoms with E-state index in [2.05, 4.69) is 22.7 Å². The second-order valence-electron chi connectivity index (χ2n) is 9.09. The van der Waals surface area contributed by atoms with Crippen molar-refractivity contribution in [1.29, 1.82) is 0 Å². The lowest BCUT2D eigenvalue weighted by Gasteiger charge is -2.23. The van der Waals surface area contributed by atoms with Crippen molar-refractivity contribution in [3.63, 3.8) is 0 Å². The van der Waals surface area contributed by atoms with Crippen LogP contribution in [0.4, 0.5) is 0 Å². The van der Waals surface area contributed by atoms with E-state index in [9.17, 15) is 9.59 Å². The van der Waals surface area contributed by atoms with Gasteiger partial charge in [-0.15, -0.1) is 0 Å². The molecule has 0 fully saturated rings. The van der Waals surface area contributed by atoms with Crippen LogP contribution in [0.15, 0.2) is 16.6 Å². The summed E-state index contributed by atoms with van der Waals surface area (Å²) in [5, 5.41) is 2.90. The number of allylic oxidation sites excluding steroid dienone is 1. The highest BCUT2D eigenvalue weighted by atomic mass is 16.2. The first-order valence-corrected chi connectivity index (χ1v) is 13.2. The third kappa shape index (κ3) is 21.7. The summed E-state index contributed by atoms with van der Waals surface area (Å²) < 4.78 is 0. The van der Waals surface area contributed by atoms with E-state index in [1.807, 2.05) is 18.7 Å². The average Bonchev–Trinajstić information content (AvgIpc) is 2.78. The maximum atomic E-state index is 12.8. The molecule has 0 heterocycles. The van der Waals surface area contributed by atoms with E-state index in [-0.39, 0.29) is 11.8 Å². The van der Waals surface area contributed by atoms with Crippen molar-refractivity contribution in [2.75, 3.05) is 26.2 Å². The number of carbonyl (C=O) groups excluding carboxylic acids is 2. The Morgan fingerprint density at radius 1 is 0.848 bits per heavy atom. The largest absolute Gasteiger partial charge is 0.352 e. The third-order valence-corrected chi connectivity index (χ3v) is 5.55. The quantitative estimate of drug-likeness (QED) is 0.0530. The summed E-state index contributed by atoms with van der Waals surface area (Å²) in [6, 6.07) is 0. The van der Waals surface area contributed by atoms with Gasteiger partial charge in [-0.25, -0.2) is 5.84 Å². The lowest BCUT2D eigenvalue weighted by molar-refractivity contribution is -0.131. The number of rotatable bonds is 22. The normalized spacial score (nSPS) is 10.9. The molecule has 0 aromatic heterocycles. The molecule has 0 spiro atoms. The second-order valence-corrected chi connectivity index (χ2v) is 9.09. The number of hydrogen-bond acceptors (Lipinski definition) is 4. The molecular weight excluding hydrogens is 414 g/mol. The molecule has 0 aromatic rings. The van der Waals surface area contributed by atoms with Crippen LogP contribution in [0.3, 0.4) is 0 Å². The summed E-state index contributed by atoms with van der Waals surface area (Å²) in [5.74, 6) is 5.35. The van der Waals surface area contributed by atoms with Crippen LogP contribution < -0.4 is 16.6 Å². The molecule has 7 heteroatoms. The van der Waals surface area contributed by atoms with Crippen molar-refractivity contribution in [3.05, 3.63) is 11.6 Å². The lowest BCUT2D eigenvalue weighted by atomic mass is 10.1. The Balaban J connectivity index is 4.23. The van der Waals surface area contributed by atoms with Crippen molar-refractivity contribution in [3.8, 4) is 0 Å². The van der Waals surface area contributed by atoms with Gasteiger partial charge in [0.2, 0.25) is 11.8 Å². The molecule has 4 N–H and O–H groups in total. The third-order valence-electron chi connectivity index (χ3n) is 5.55. The number of carbonyl (C=O) groups is 2. The van der Waals surface area contributed by atoms with Gasteiger partial charge in [0.25, 0.3) is 0 Å². The predicted molar refractivity (Wildman–Crippen MR) is 140 cm³/mol. The highest BCUT2D eigenvalue weighted by Gasteiger charge is 2.12. The fourth-order valence-corrected chi connectivity index (χ4v) is 3.70. The summed E-state index contributed by atoms with van der Waals surface area (Å²) in [7, 11) is 0. The molecule has 0 aliphatic rings. The van der Waals surface area contributed by atoms with Crippen molar-refractivity contribution < 1.29 is 9.59 Å². The molecule has 33 heavy (non-hydrogen) atoms. The van der Waals surface area contributed by atoms with Gasteiger partial charge in [-0.05, 0) is 46.0 Å². The number of nitrogens with two attached hydrogens (primary N) is 1. The van der Waals surface area contributed by atoms with Crippen molar-refractivity contribution in [2.45, 2.75) is 111 Å². The van der Waals surface area contributed by atoms with Gasteiger partial charge in [-0.3, -0.25) is 14.6 Å². The highest BCUT2D eigenvalue weighted by Crippen LogP contribution is 2.12. The van der Waals surface area contributed by atoms with Gasteiger partial charge in [0, 0.05) is 38.7 Å². The van der Waals surface area contributed by atoms with Crippen LogP contribution in [0, 0.1) is 0 Å². The molecule has 0 aliphatic heterocycles. The zero-order chi connectivity index (χ0) is 24.6. The zero-order valence-electron chi connectivity index (χ0n) is 21.7. The first-order chi connectivity index (χ1) is 16.0. The van der Waals surface area contributed by atoms with Gasteiger partial charge >= 0.3 is 0 Å². The second kappa shape index (κ2) is 23.3. The van der Waals surface area contributed by atoms with Crippen LogP contribution in [-0.4, -0.2) is 49.2 Å². The van der Waals surface area contributed by atoms with Crippen molar-refractivity contribution >= 4 is 18.2 Å². The Morgan fingerprint density at radius 3 is 2.09 bits per heavy atom. The van der Waals surface area contributed by atoms with Crippen LogP contribution >= 0.6 is 0 Å². The Morgan fingerprint density at radius 2 is 1.45 bits per heavy atom. The minimum absolute atomic E-state index is 0.0601. The smallest absolute Gasteiger partial charge is 0.243 e. The molecule has 0 rings (SSSR count). The van der Waals surface area contributed by atoms with Gasteiger partial charge in [-0.1, -0.05) is 63.9 Å². The summed E-state index contributed by atoms with van der Waals surface area (Å²) in [4.78, 5) is 30.7. The van der Waals surface area contributed by atoms with E-state index in [0.29, 0.717) is 19.5 Å². The Bertz CT molecular complexity index is 545. The van der Waals surface area contributed by atoms with Crippen molar-refractivity contribution in [1.82, 2.24) is 15.6 Å². The first-order valence-electron chi connectivity index (χ1n) is 13.2. The number of aliphatic imine (C=N–C) groups is 1. The topological polar surface area (TPSA) is 99.8 Å². The number of unbranched alkanes of at least 4 members (excludes halogenated alkanes) is 10. The maximum absolute atomic E-state index is 12.8. The Kier molecular flexibility index (Phi) is 21.9. The van der Waals surface area contributed by atoms with Gasteiger partial charge in [-0.2, -0.15) is 0 Å². The SMILES string of the molecule is CCCCCCCCCCCC(=O)N(CCCCCN=CNN)CCCNC(=O)C=C(C)C. The van der Waals surface area contributed by atoms with E-state index in [0.717, 1.165) is 57.2 Å². The van der Waals surface area contributed by atoms with E-state index >= 15 is 0 Å². The molecule has 2 amide bonds. The highest BCUT2D eigenvalue weighted by molar-refractivity contribution is 5.87. The molecule has 0 unspecified atom stereocenters. The summed E-state index contributed by atoms with van der Waals surface area (Å²) in [6.07, 6.45) is 18.8. The minimum atomic E-state index is -0.0601. The predicted octanol–water partition coefficient (Wildman–Crippen LogP) is 4.87. The van der Waals surface area contributed by atoms with Gasteiger partial charge < -0.3 is 15.6 Å². The summed E-state index contributed by atoms with van der Waals surface area (Å²) in [6.45, 7) is 8.86. The number of amides is 2. The standard InChI is InChI=1S/C26H51N5O2/c1-4-5-6-7-8-9-10-11-13-17-26(33)31(20-15-12-14-18-28-23-30-27)21-16-19-29-25(32)22-24(2)3/h22-23H,4-21,27H2,1-3H3,(H,28,30)(H,29,32). The molecule has 7 nitrogen and oxygen atoms in total. The van der Waals surface area contributed by atoms with Crippen LogP contribution in [0.2, 0.25) is 0 Å². The van der Waals surface area contributed by atoms with E-state index in [1.165, 1.54) is 51.3 Å². The van der Waals surface area contributed by atoms with Gasteiger partial charge in [0.05, 0.1) is 6.34 Å². The van der Waals surface area contributed by atoms with Gasteiger partial charge in [0.1, 0.15) is 0 Å². The van der Waals surface area contributed by atoms with E-state index < -0.39 is 0 Å². The number of hydrazine groups is 1. The molecule has 0 bridgehead atoms. The summed E-state index contributed by atoms with van der Waals surface area (Å²) in [5.41, 5.74) is 3.39. The van der Waals surface area contributed by atoms with E-state index in [1.54, 1.807) is 6.08 Å². The molecule has 192 valence electrons. The van der Waals surface area contributed by atoms with Crippen LogP contribution in [0.25, 0.3) is 0 Å². The fourth-order valence-electron chi connectivity index (χ4n) is 3.70. The average molecular weight is 466 g/mol. The Labute approximate surface area is 203 Å². The van der Waals surface area contributed by atoms with Crippen molar-refractivity contribution in [2.24, 2.45) is 10.8 Å². The fraction of sp³-hybridized carbons (Fsp3) is 0.808. The molecule has 0 radical (unpaired) electrons. The monoisotopic (exact) mass is 465 g/mol. The Hall–Kier alpha value is -1.89. The van der Waals surface area contributed by atoms with Gasteiger partial charge in [0.15, 0.2) is 0 Å². The van der Waals surface area contributed by atoms with Crippen LogP contribution in [0.1, 0.15) is 111 Å². The molecule has 0 saturated heterocycles. The minimum Gasteiger partial charge on any atom is -0.352 e. The molecular formula is C26H51N5O2. The zero-order valence-corrected chi connectivity index (χ0v) is 21.7. The van der Waals surface area contributed by atoms with Crippen LogP contribution in [0.5, 0.6) is 0 Å². The van der Waals surface area contributed by atoms with Crippen LogP contribution in [-0.2, 0) is 9.59 Å². The number of nitrogens with one attached hydrogen (secondary N) is 2. The first kappa shape index (κ1) is 31.1. The number of hydrogen-bond donors (Lipinski definition) is 3. The molecule has 0 aliphatic carbocycles. The lowest BCUT2D eigenvalue weighted by Crippen LogP contribution is -2.35. The van der Waals surface area contributed by atoms with E-state index in [4.69, 9.17) is 5.84 Å². The maximum Gasteiger partial charge on any atom is 0.243 e.